The third kappa shape index (κ3) is 3.89. The van der Waals surface area contributed by atoms with Gasteiger partial charge in [-0.15, -0.1) is 0 Å². The van der Waals surface area contributed by atoms with Gasteiger partial charge in [0.15, 0.2) is 10.3 Å². The lowest BCUT2D eigenvalue weighted by atomic mass is 10.1. The molecule has 2 rings (SSSR count). The maximum absolute atomic E-state index is 13.9. The number of alkyl halides is 3. The molecule has 1 aromatic carbocycles. The average Bonchev–Trinajstić information content (AvgIpc) is 2.77. The summed E-state index contributed by atoms with van der Waals surface area (Å²) in [4.78, 5) is -0.450. The van der Waals surface area contributed by atoms with E-state index < -0.39 is 26.1 Å². The molecule has 24 heavy (non-hydrogen) atoms. The molecule has 0 spiro atoms. The van der Waals surface area contributed by atoms with Gasteiger partial charge in [0.25, 0.3) is 0 Å². The molecule has 1 aromatic rings. The molecule has 9 heteroatoms. The summed E-state index contributed by atoms with van der Waals surface area (Å²) in [5.74, 6) is 0. The minimum absolute atomic E-state index is 0.0363. The Hall–Kier alpha value is -0.770. The lowest BCUT2D eigenvalue weighted by Crippen LogP contribution is -2.61. The Kier molecular flexibility index (Phi) is 5.89. The summed E-state index contributed by atoms with van der Waals surface area (Å²) in [5, 5.41) is 0. The SMILES string of the molecule is CCCCCCC1=Cc2ccccc2S1(O[Cl+3]([O-])([O-])[O-])C(F)(F)F. The van der Waals surface area contributed by atoms with Gasteiger partial charge in [-0.1, -0.05) is 44.4 Å². The van der Waals surface area contributed by atoms with Crippen molar-refractivity contribution in [1.29, 1.82) is 0 Å². The van der Waals surface area contributed by atoms with Gasteiger partial charge >= 0.3 is 5.51 Å². The van der Waals surface area contributed by atoms with E-state index in [0.717, 1.165) is 19.3 Å². The second kappa shape index (κ2) is 7.23. The van der Waals surface area contributed by atoms with Crippen molar-refractivity contribution in [3.05, 3.63) is 34.7 Å². The molecule has 1 atom stereocenters. The number of unbranched alkanes of at least 4 members (excludes halogenated alkanes) is 3. The smallest absolute Gasteiger partial charge is 0.182 e. The van der Waals surface area contributed by atoms with Crippen molar-refractivity contribution in [2.45, 2.75) is 49.4 Å². The summed E-state index contributed by atoms with van der Waals surface area (Å²) in [7, 11) is -9.60. The van der Waals surface area contributed by atoms with Gasteiger partial charge < -0.3 is 0 Å². The van der Waals surface area contributed by atoms with Gasteiger partial charge in [-0.2, -0.15) is 27.1 Å². The summed E-state index contributed by atoms with van der Waals surface area (Å²) in [6, 6.07) is 5.56. The number of fused-ring (bicyclic) bond motifs is 1. The fraction of sp³-hybridized carbons (Fsp3) is 0.467. The van der Waals surface area contributed by atoms with Crippen LogP contribution in [0.2, 0.25) is 0 Å². The topological polar surface area (TPSA) is 78.4 Å². The monoisotopic (exact) mass is 386 g/mol. The van der Waals surface area contributed by atoms with E-state index in [9.17, 15) is 27.1 Å². The minimum Gasteiger partial charge on any atom is -0.182 e. The standard InChI is InChI=1S/C15H18ClF3O4S/c1-2-3-4-5-9-13-11-12-8-6-7-10-14(12)24(13,15(17,18)19)23-16(20,21)22/h6-8,10-11H,2-5,9H2,1H3. The third-order valence-electron chi connectivity index (χ3n) is 3.69. The molecule has 1 aliphatic heterocycles. The van der Waals surface area contributed by atoms with E-state index in [1.807, 2.05) is 6.92 Å². The Morgan fingerprint density at radius 3 is 2.33 bits per heavy atom. The van der Waals surface area contributed by atoms with Crippen molar-refractivity contribution >= 4 is 16.4 Å². The Bertz CT molecular complexity index is 615. The van der Waals surface area contributed by atoms with Crippen molar-refractivity contribution in [3.8, 4) is 0 Å². The van der Waals surface area contributed by atoms with E-state index in [4.69, 9.17) is 0 Å². The van der Waals surface area contributed by atoms with E-state index in [2.05, 4.69) is 3.74 Å². The molecule has 1 heterocycles. The van der Waals surface area contributed by atoms with E-state index >= 15 is 0 Å². The number of hydrogen-bond acceptors (Lipinski definition) is 4. The van der Waals surface area contributed by atoms with Gasteiger partial charge in [-0.25, -0.2) is 0 Å². The first-order chi connectivity index (χ1) is 11.1. The highest BCUT2D eigenvalue weighted by Crippen LogP contribution is 2.78. The lowest BCUT2D eigenvalue weighted by Gasteiger charge is -2.34. The van der Waals surface area contributed by atoms with E-state index in [1.54, 1.807) is 6.07 Å². The third-order valence-corrected chi connectivity index (χ3v) is 7.77. The van der Waals surface area contributed by atoms with Crippen molar-refractivity contribution in [2.75, 3.05) is 0 Å². The fourth-order valence-corrected chi connectivity index (χ4v) is 6.79. The van der Waals surface area contributed by atoms with Crippen LogP contribution in [0.15, 0.2) is 34.1 Å². The average molecular weight is 387 g/mol. The summed E-state index contributed by atoms with van der Waals surface area (Å²) in [6.45, 7) is 1.97. The number of halogens is 4. The summed E-state index contributed by atoms with van der Waals surface area (Å²) < 4.78 is 79.1. The molecule has 0 fully saturated rings. The lowest BCUT2D eigenvalue weighted by molar-refractivity contribution is -1.91. The second-order valence-corrected chi connectivity index (χ2v) is 9.20. The minimum atomic E-state index is -5.23. The van der Waals surface area contributed by atoms with Gasteiger partial charge in [0.05, 0.1) is 10.2 Å². The molecule has 0 bridgehead atoms. The number of rotatable bonds is 7. The summed E-state index contributed by atoms with van der Waals surface area (Å²) >= 11 is 0. The molecule has 0 aliphatic carbocycles. The Morgan fingerprint density at radius 2 is 1.75 bits per heavy atom. The molecule has 0 amide bonds. The van der Waals surface area contributed by atoms with Gasteiger partial charge in [0.2, 0.25) is 0 Å². The van der Waals surface area contributed by atoms with Crippen LogP contribution >= 0.6 is 10.3 Å². The second-order valence-electron chi connectivity index (χ2n) is 5.40. The fourth-order valence-electron chi connectivity index (χ4n) is 2.70. The van der Waals surface area contributed by atoms with E-state index in [1.165, 1.54) is 24.3 Å². The number of allylic oxidation sites excluding steroid dienone is 1. The molecule has 0 saturated heterocycles. The molecule has 0 N–H and O–H groups in total. The molecule has 136 valence electrons. The predicted molar refractivity (Wildman–Crippen MR) is 76.2 cm³/mol. The van der Waals surface area contributed by atoms with Gasteiger partial charge in [0, 0.05) is 9.80 Å². The van der Waals surface area contributed by atoms with Crippen LogP contribution in [0.4, 0.5) is 13.2 Å². The van der Waals surface area contributed by atoms with Crippen LogP contribution in [0.25, 0.3) is 6.08 Å². The maximum atomic E-state index is 13.9. The molecular weight excluding hydrogens is 369 g/mol. The van der Waals surface area contributed by atoms with Crippen LogP contribution < -0.4 is 14.0 Å². The molecule has 4 nitrogen and oxygen atoms in total. The normalized spacial score (nSPS) is 23.5. The van der Waals surface area contributed by atoms with Gasteiger partial charge in [-0.3, -0.25) is 0 Å². The zero-order chi connectivity index (χ0) is 18.0. The van der Waals surface area contributed by atoms with Crippen LogP contribution in [0.5, 0.6) is 0 Å². The zero-order valence-electron chi connectivity index (χ0n) is 13.0. The first kappa shape index (κ1) is 19.6. The van der Waals surface area contributed by atoms with Crippen LogP contribution in [-0.4, -0.2) is 5.51 Å². The molecule has 0 saturated carbocycles. The highest BCUT2D eigenvalue weighted by Gasteiger charge is 2.67. The maximum Gasteiger partial charge on any atom is 0.468 e. The first-order valence-corrected chi connectivity index (χ1v) is 10.2. The Balaban J connectivity index is 2.47. The largest absolute Gasteiger partial charge is 0.468 e. The van der Waals surface area contributed by atoms with Crippen molar-refractivity contribution in [1.82, 2.24) is 0 Å². The Morgan fingerprint density at radius 1 is 1.08 bits per heavy atom. The van der Waals surface area contributed by atoms with E-state index in [-0.39, 0.29) is 21.8 Å². The highest BCUT2D eigenvalue weighted by atomic mass is 35.7. The number of benzene rings is 1. The molecule has 1 unspecified atom stereocenters. The van der Waals surface area contributed by atoms with E-state index in [0.29, 0.717) is 6.42 Å². The molecule has 0 radical (unpaired) electrons. The highest BCUT2D eigenvalue weighted by molar-refractivity contribution is 8.34. The predicted octanol–water partition coefficient (Wildman–Crippen LogP) is 2.52. The Labute approximate surface area is 142 Å². The molecule has 0 aromatic heterocycles. The van der Waals surface area contributed by atoms with Gasteiger partial charge in [-0.05, 0) is 30.5 Å². The number of hydrogen-bond donors (Lipinski definition) is 0. The van der Waals surface area contributed by atoms with Crippen LogP contribution in [-0.2, 0) is 3.74 Å². The van der Waals surface area contributed by atoms with Crippen LogP contribution in [0.3, 0.4) is 0 Å². The van der Waals surface area contributed by atoms with Gasteiger partial charge in [0.1, 0.15) is 3.74 Å². The summed E-state index contributed by atoms with van der Waals surface area (Å²) in [6.07, 6.45) is 4.32. The van der Waals surface area contributed by atoms with Crippen molar-refractivity contribution in [3.63, 3.8) is 0 Å². The quantitative estimate of drug-likeness (QED) is 0.674. The van der Waals surface area contributed by atoms with Crippen molar-refractivity contribution in [2.24, 2.45) is 0 Å². The molecular formula is C15H18ClF3O4S. The summed E-state index contributed by atoms with van der Waals surface area (Å²) in [5.41, 5.74) is -4.75. The zero-order valence-corrected chi connectivity index (χ0v) is 14.5. The first-order valence-electron chi connectivity index (χ1n) is 7.43. The molecule has 1 aliphatic rings. The van der Waals surface area contributed by atoms with Crippen LogP contribution in [0.1, 0.15) is 44.6 Å². The van der Waals surface area contributed by atoms with Crippen molar-refractivity contribution < 1.29 is 41.1 Å². The van der Waals surface area contributed by atoms with Crippen LogP contribution in [0, 0.1) is 10.2 Å².